The maximum absolute atomic E-state index is 13.0. The molecule has 0 spiro atoms. The maximum atomic E-state index is 13.0. The predicted octanol–water partition coefficient (Wildman–Crippen LogP) is 7.83. The second-order valence-electron chi connectivity index (χ2n) is 11.5. The van der Waals surface area contributed by atoms with E-state index in [1.807, 2.05) is 24.3 Å². The highest BCUT2D eigenvalue weighted by Crippen LogP contribution is 2.41. The van der Waals surface area contributed by atoms with Gasteiger partial charge in [0, 0.05) is 35.5 Å². The normalized spacial score (nSPS) is 19.2. The summed E-state index contributed by atoms with van der Waals surface area (Å²) < 4.78 is 42.7. The number of aromatic nitrogens is 3. The number of amides is 2. The number of nitrogens with zero attached hydrogens (tertiary/aromatic N) is 5. The van der Waals surface area contributed by atoms with E-state index in [4.69, 9.17) is 0 Å². The average molecular weight is 635 g/mol. The van der Waals surface area contributed by atoms with E-state index in [0.717, 1.165) is 47.1 Å². The third kappa shape index (κ3) is 7.16. The molecule has 0 bridgehead atoms. The topological polar surface area (TPSA) is 84.6 Å². The molecule has 12 heteroatoms. The summed E-state index contributed by atoms with van der Waals surface area (Å²) >= 11 is 1.62. The number of ether oxygens (including phenoxy) is 1. The van der Waals surface area contributed by atoms with Gasteiger partial charge in [0.1, 0.15) is 12.1 Å². The standard InChI is InChI=1S/C33H33F3N6O2S/c1-20(2)29-21(3)6-4-7-28(29)41-16-5-17-45-32(41)39-31(43)38-27-18-26(27)22-8-10-23(11-9-22)30-37-19-42(40-30)24-12-14-25(15-13-24)44-33(34,35)36/h4,6-15,19-20,26-27H,5,16-18H2,1-3H3,(H,38,43). The number of nitrogens with one attached hydrogen (secondary N) is 1. The van der Waals surface area contributed by atoms with Gasteiger partial charge in [0.25, 0.3) is 0 Å². The van der Waals surface area contributed by atoms with E-state index in [1.165, 1.54) is 46.4 Å². The molecule has 8 nitrogen and oxygen atoms in total. The number of benzene rings is 3. The first-order valence-corrected chi connectivity index (χ1v) is 15.8. The number of thioether (sulfide) groups is 1. The molecule has 1 N–H and O–H groups in total. The summed E-state index contributed by atoms with van der Waals surface area (Å²) in [6.45, 7) is 7.35. The number of rotatable bonds is 7. The van der Waals surface area contributed by atoms with Crippen LogP contribution in [0.4, 0.5) is 23.7 Å². The molecule has 1 aliphatic carbocycles. The van der Waals surface area contributed by atoms with Gasteiger partial charge in [-0.3, -0.25) is 0 Å². The van der Waals surface area contributed by atoms with Gasteiger partial charge in [-0.25, -0.2) is 14.5 Å². The Balaban J connectivity index is 1.08. The Kier molecular flexibility index (Phi) is 8.59. The number of hydrogen-bond donors (Lipinski definition) is 1. The van der Waals surface area contributed by atoms with Crippen LogP contribution in [-0.2, 0) is 0 Å². The van der Waals surface area contributed by atoms with Crippen molar-refractivity contribution in [3.8, 4) is 22.8 Å². The van der Waals surface area contributed by atoms with Crippen molar-refractivity contribution in [2.75, 3.05) is 17.2 Å². The first-order valence-electron chi connectivity index (χ1n) is 14.8. The van der Waals surface area contributed by atoms with Gasteiger partial charge in [-0.2, -0.15) is 4.99 Å². The summed E-state index contributed by atoms with van der Waals surface area (Å²) in [6, 6.07) is 19.3. The van der Waals surface area contributed by atoms with E-state index < -0.39 is 6.36 Å². The molecule has 234 valence electrons. The maximum Gasteiger partial charge on any atom is 0.573 e. The Bertz CT molecular complexity index is 1700. The van der Waals surface area contributed by atoms with Crippen LogP contribution in [-0.4, -0.2) is 50.7 Å². The monoisotopic (exact) mass is 634 g/mol. The Morgan fingerprint density at radius 1 is 1.09 bits per heavy atom. The first kappa shape index (κ1) is 30.7. The molecule has 1 saturated heterocycles. The van der Waals surface area contributed by atoms with Crippen molar-refractivity contribution in [2.24, 2.45) is 4.99 Å². The van der Waals surface area contributed by atoms with Crippen LogP contribution < -0.4 is 15.0 Å². The van der Waals surface area contributed by atoms with Crippen molar-refractivity contribution in [1.82, 2.24) is 20.1 Å². The number of aliphatic imine (C=N–C) groups is 1. The minimum atomic E-state index is -4.75. The molecular weight excluding hydrogens is 601 g/mol. The van der Waals surface area contributed by atoms with Gasteiger partial charge in [0.15, 0.2) is 11.0 Å². The van der Waals surface area contributed by atoms with Gasteiger partial charge in [-0.15, -0.1) is 18.3 Å². The Labute approximate surface area is 263 Å². The first-order chi connectivity index (χ1) is 21.6. The second-order valence-corrected chi connectivity index (χ2v) is 12.5. The van der Waals surface area contributed by atoms with E-state index in [9.17, 15) is 18.0 Å². The highest BCUT2D eigenvalue weighted by Gasteiger charge is 2.40. The van der Waals surface area contributed by atoms with Crippen molar-refractivity contribution < 1.29 is 22.7 Å². The molecule has 2 unspecified atom stereocenters. The molecule has 2 atom stereocenters. The van der Waals surface area contributed by atoms with Crippen LogP contribution >= 0.6 is 11.8 Å². The number of amidine groups is 1. The molecule has 6 rings (SSSR count). The lowest BCUT2D eigenvalue weighted by Crippen LogP contribution is -2.37. The second kappa shape index (κ2) is 12.6. The van der Waals surface area contributed by atoms with E-state index in [2.05, 4.69) is 69.0 Å². The van der Waals surface area contributed by atoms with Crippen molar-refractivity contribution in [3.63, 3.8) is 0 Å². The van der Waals surface area contributed by atoms with Gasteiger partial charge in [-0.05, 0) is 72.7 Å². The number of hydrogen-bond acceptors (Lipinski definition) is 5. The number of aryl methyl sites for hydroxylation is 1. The fourth-order valence-electron chi connectivity index (χ4n) is 5.73. The molecule has 2 amide bonds. The van der Waals surface area contributed by atoms with Crippen molar-refractivity contribution in [1.29, 1.82) is 0 Å². The highest BCUT2D eigenvalue weighted by atomic mass is 32.2. The van der Waals surface area contributed by atoms with Gasteiger partial charge in [0.05, 0.1) is 5.69 Å². The quantitative estimate of drug-likeness (QED) is 0.223. The van der Waals surface area contributed by atoms with Gasteiger partial charge in [-0.1, -0.05) is 62.0 Å². The largest absolute Gasteiger partial charge is 0.573 e. The summed E-state index contributed by atoms with van der Waals surface area (Å²) in [5.74, 6) is 1.67. The number of anilines is 1. The number of alkyl halides is 3. The van der Waals surface area contributed by atoms with Crippen LogP contribution in [0.3, 0.4) is 0 Å². The number of urea groups is 1. The van der Waals surface area contributed by atoms with Crippen LogP contribution in [0.15, 0.2) is 78.0 Å². The number of carbonyl (C=O) groups excluding carboxylic acids is 1. The molecule has 2 fully saturated rings. The number of carbonyl (C=O) groups is 1. The molecule has 4 aromatic rings. The Hall–Kier alpha value is -4.32. The van der Waals surface area contributed by atoms with Crippen molar-refractivity contribution >= 4 is 28.6 Å². The molecule has 3 aromatic carbocycles. The van der Waals surface area contributed by atoms with Gasteiger partial charge >= 0.3 is 12.4 Å². The van der Waals surface area contributed by atoms with Crippen LogP contribution in [0.1, 0.15) is 55.2 Å². The molecule has 0 radical (unpaired) electrons. The third-order valence-electron chi connectivity index (χ3n) is 7.88. The molecule has 1 aliphatic heterocycles. The fourth-order valence-corrected chi connectivity index (χ4v) is 6.68. The Morgan fingerprint density at radius 2 is 1.84 bits per heavy atom. The molecule has 2 heterocycles. The van der Waals surface area contributed by atoms with Crippen LogP contribution in [0, 0.1) is 6.92 Å². The van der Waals surface area contributed by atoms with Gasteiger partial charge < -0.3 is 15.0 Å². The Morgan fingerprint density at radius 3 is 2.56 bits per heavy atom. The van der Waals surface area contributed by atoms with E-state index in [-0.39, 0.29) is 23.7 Å². The minimum absolute atomic E-state index is 0.0153. The third-order valence-corrected chi connectivity index (χ3v) is 8.94. The lowest BCUT2D eigenvalue weighted by Gasteiger charge is -2.32. The molecule has 45 heavy (non-hydrogen) atoms. The lowest BCUT2D eigenvalue weighted by atomic mass is 9.95. The zero-order chi connectivity index (χ0) is 31.7. The number of halogens is 3. The van der Waals surface area contributed by atoms with Crippen LogP contribution in [0.2, 0.25) is 0 Å². The van der Waals surface area contributed by atoms with E-state index >= 15 is 0 Å². The average Bonchev–Trinajstić information content (AvgIpc) is 3.58. The molecule has 1 saturated carbocycles. The lowest BCUT2D eigenvalue weighted by molar-refractivity contribution is -0.274. The van der Waals surface area contributed by atoms with Gasteiger partial charge in [0.2, 0.25) is 0 Å². The van der Waals surface area contributed by atoms with Crippen molar-refractivity contribution in [3.05, 3.63) is 89.7 Å². The SMILES string of the molecule is Cc1cccc(N2CCCSC2=NC(=O)NC2CC2c2ccc(-c3ncn(-c4ccc(OC(F)(F)F)cc4)n3)cc2)c1C(C)C. The van der Waals surface area contributed by atoms with Crippen LogP contribution in [0.5, 0.6) is 5.75 Å². The highest BCUT2D eigenvalue weighted by molar-refractivity contribution is 8.14. The van der Waals surface area contributed by atoms with Crippen molar-refractivity contribution in [2.45, 2.75) is 57.9 Å². The summed E-state index contributed by atoms with van der Waals surface area (Å²) in [4.78, 5) is 24.1. The molecule has 2 aliphatic rings. The molecule has 1 aromatic heterocycles. The summed E-state index contributed by atoms with van der Waals surface area (Å²) in [5, 5.41) is 8.30. The zero-order valence-electron chi connectivity index (χ0n) is 25.1. The molecular formula is C33H33F3N6O2S. The zero-order valence-corrected chi connectivity index (χ0v) is 25.9. The van der Waals surface area contributed by atoms with Crippen LogP contribution in [0.25, 0.3) is 17.1 Å². The fraction of sp³-hybridized carbons (Fsp3) is 0.333. The summed E-state index contributed by atoms with van der Waals surface area (Å²) in [6.07, 6.45) is -1.38. The van der Waals surface area contributed by atoms with E-state index in [1.54, 1.807) is 11.8 Å². The summed E-state index contributed by atoms with van der Waals surface area (Å²) in [7, 11) is 0. The minimum Gasteiger partial charge on any atom is -0.406 e. The smallest absolute Gasteiger partial charge is 0.406 e. The van der Waals surface area contributed by atoms with E-state index in [0.29, 0.717) is 17.4 Å². The summed E-state index contributed by atoms with van der Waals surface area (Å²) in [5.41, 5.74) is 6.11. The predicted molar refractivity (Wildman–Crippen MR) is 170 cm³/mol.